The molecule has 1 aromatic heterocycles. The molecule has 0 aliphatic rings. The minimum Gasteiger partial charge on any atom is -0.351 e. The molecule has 78 valence electrons. The quantitative estimate of drug-likeness (QED) is 0.583. The Morgan fingerprint density at radius 3 is 2.93 bits per heavy atom. The van der Waals surface area contributed by atoms with Gasteiger partial charge in [0.05, 0.1) is 0 Å². The van der Waals surface area contributed by atoms with E-state index in [-0.39, 0.29) is 5.91 Å². The molecule has 14 heavy (non-hydrogen) atoms. The number of rotatable bonds is 5. The second-order valence-corrected chi connectivity index (χ2v) is 3.15. The molecule has 1 aromatic rings. The molecule has 0 aromatic carbocycles. The average molecular weight is 196 g/mol. The van der Waals surface area contributed by atoms with Crippen molar-refractivity contribution in [1.82, 2.24) is 20.8 Å². The Morgan fingerprint density at radius 2 is 2.36 bits per heavy atom. The number of amides is 1. The van der Waals surface area contributed by atoms with Crippen molar-refractivity contribution in [2.45, 2.75) is 13.3 Å². The summed E-state index contributed by atoms with van der Waals surface area (Å²) in [6.45, 7) is 3.44. The topological polar surface area (TPSA) is 69.8 Å². The number of nitrogens with one attached hydrogen (secondary N) is 3. The Labute approximate surface area is 83.3 Å². The number of hydrogen-bond acceptors (Lipinski definition) is 3. The Bertz CT molecular complexity index is 295. The third-order valence-electron chi connectivity index (χ3n) is 1.83. The SMILES string of the molecule is CNCCCNC(=O)c1cc(C)[nH]n1. The van der Waals surface area contributed by atoms with E-state index in [0.29, 0.717) is 12.2 Å². The first kappa shape index (κ1) is 10.7. The summed E-state index contributed by atoms with van der Waals surface area (Å²) in [4.78, 5) is 11.4. The molecule has 0 aliphatic carbocycles. The van der Waals surface area contributed by atoms with Crippen molar-refractivity contribution in [2.75, 3.05) is 20.1 Å². The van der Waals surface area contributed by atoms with Gasteiger partial charge in [-0.25, -0.2) is 0 Å². The minimum atomic E-state index is -0.120. The molecular formula is C9H16N4O. The predicted octanol–water partition coefficient (Wildman–Crippen LogP) is 0.0574. The molecule has 0 radical (unpaired) electrons. The Balaban J connectivity index is 2.29. The van der Waals surface area contributed by atoms with Gasteiger partial charge in [0.25, 0.3) is 5.91 Å². The minimum absolute atomic E-state index is 0.120. The fourth-order valence-electron chi connectivity index (χ4n) is 1.09. The van der Waals surface area contributed by atoms with E-state index in [1.165, 1.54) is 0 Å². The molecule has 0 saturated heterocycles. The zero-order valence-corrected chi connectivity index (χ0v) is 8.55. The zero-order valence-electron chi connectivity index (χ0n) is 8.55. The highest BCUT2D eigenvalue weighted by Crippen LogP contribution is 1.96. The zero-order chi connectivity index (χ0) is 10.4. The van der Waals surface area contributed by atoms with Crippen molar-refractivity contribution in [3.8, 4) is 0 Å². The molecule has 5 nitrogen and oxygen atoms in total. The monoisotopic (exact) mass is 196 g/mol. The van der Waals surface area contributed by atoms with Crippen LogP contribution in [0.25, 0.3) is 0 Å². The fraction of sp³-hybridized carbons (Fsp3) is 0.556. The van der Waals surface area contributed by atoms with Gasteiger partial charge in [-0.05, 0) is 33.0 Å². The van der Waals surface area contributed by atoms with Crippen LogP contribution in [0.15, 0.2) is 6.07 Å². The molecule has 0 aliphatic heterocycles. The summed E-state index contributed by atoms with van der Waals surface area (Å²) in [6.07, 6.45) is 0.922. The molecule has 0 spiro atoms. The Kier molecular flexibility index (Phi) is 4.12. The van der Waals surface area contributed by atoms with Gasteiger partial charge in [-0.2, -0.15) is 5.10 Å². The van der Waals surface area contributed by atoms with Gasteiger partial charge in [0, 0.05) is 12.2 Å². The van der Waals surface area contributed by atoms with Crippen molar-refractivity contribution >= 4 is 5.91 Å². The van der Waals surface area contributed by atoms with E-state index in [9.17, 15) is 4.79 Å². The van der Waals surface area contributed by atoms with Crippen LogP contribution in [0.3, 0.4) is 0 Å². The smallest absolute Gasteiger partial charge is 0.271 e. The highest BCUT2D eigenvalue weighted by molar-refractivity contribution is 5.92. The summed E-state index contributed by atoms with van der Waals surface area (Å²) in [5.74, 6) is -0.120. The molecule has 0 saturated carbocycles. The maximum Gasteiger partial charge on any atom is 0.271 e. The first-order chi connectivity index (χ1) is 6.74. The van der Waals surface area contributed by atoms with E-state index < -0.39 is 0 Å². The summed E-state index contributed by atoms with van der Waals surface area (Å²) in [5.41, 5.74) is 1.34. The maximum atomic E-state index is 11.4. The lowest BCUT2D eigenvalue weighted by atomic mass is 10.3. The lowest BCUT2D eigenvalue weighted by Gasteiger charge is -2.01. The number of hydrogen-bond donors (Lipinski definition) is 3. The first-order valence-electron chi connectivity index (χ1n) is 4.69. The van der Waals surface area contributed by atoms with Crippen LogP contribution in [0.2, 0.25) is 0 Å². The van der Waals surface area contributed by atoms with Crippen LogP contribution in [0.5, 0.6) is 0 Å². The van der Waals surface area contributed by atoms with Crippen LogP contribution in [-0.2, 0) is 0 Å². The molecule has 0 bridgehead atoms. The van der Waals surface area contributed by atoms with E-state index in [1.54, 1.807) is 6.07 Å². The summed E-state index contributed by atoms with van der Waals surface area (Å²) in [5, 5.41) is 12.4. The predicted molar refractivity (Wildman–Crippen MR) is 54.2 cm³/mol. The number of H-pyrrole nitrogens is 1. The number of aromatic amines is 1. The number of aromatic nitrogens is 2. The molecule has 1 rings (SSSR count). The van der Waals surface area contributed by atoms with E-state index in [0.717, 1.165) is 18.7 Å². The van der Waals surface area contributed by atoms with Crippen LogP contribution in [0.1, 0.15) is 22.6 Å². The fourth-order valence-corrected chi connectivity index (χ4v) is 1.09. The van der Waals surface area contributed by atoms with Crippen molar-refractivity contribution < 1.29 is 4.79 Å². The van der Waals surface area contributed by atoms with Gasteiger partial charge in [0.1, 0.15) is 5.69 Å². The van der Waals surface area contributed by atoms with Gasteiger partial charge in [0.15, 0.2) is 0 Å². The third kappa shape index (κ3) is 3.18. The lowest BCUT2D eigenvalue weighted by Crippen LogP contribution is -2.26. The number of carbonyl (C=O) groups is 1. The normalized spacial score (nSPS) is 10.1. The summed E-state index contributed by atoms with van der Waals surface area (Å²) in [6, 6.07) is 1.73. The number of aryl methyl sites for hydroxylation is 1. The summed E-state index contributed by atoms with van der Waals surface area (Å²) < 4.78 is 0. The lowest BCUT2D eigenvalue weighted by molar-refractivity contribution is 0.0948. The van der Waals surface area contributed by atoms with Crippen molar-refractivity contribution in [2.24, 2.45) is 0 Å². The van der Waals surface area contributed by atoms with Gasteiger partial charge in [-0.3, -0.25) is 9.89 Å². The van der Waals surface area contributed by atoms with Gasteiger partial charge in [-0.1, -0.05) is 0 Å². The van der Waals surface area contributed by atoms with Crippen molar-refractivity contribution in [1.29, 1.82) is 0 Å². The van der Waals surface area contributed by atoms with E-state index in [1.807, 2.05) is 14.0 Å². The van der Waals surface area contributed by atoms with Crippen molar-refractivity contribution in [3.63, 3.8) is 0 Å². The standard InChI is InChI=1S/C9H16N4O/c1-7-6-8(13-12-7)9(14)11-5-3-4-10-2/h6,10H,3-5H2,1-2H3,(H,11,14)(H,12,13). The second kappa shape index (κ2) is 5.39. The second-order valence-electron chi connectivity index (χ2n) is 3.15. The van der Waals surface area contributed by atoms with E-state index >= 15 is 0 Å². The molecule has 0 unspecified atom stereocenters. The molecule has 1 amide bonds. The van der Waals surface area contributed by atoms with Gasteiger partial charge >= 0.3 is 0 Å². The van der Waals surface area contributed by atoms with Crippen LogP contribution in [0, 0.1) is 6.92 Å². The molecule has 3 N–H and O–H groups in total. The van der Waals surface area contributed by atoms with E-state index in [4.69, 9.17) is 0 Å². The Hall–Kier alpha value is -1.36. The highest BCUT2D eigenvalue weighted by Gasteiger charge is 2.07. The van der Waals surface area contributed by atoms with Gasteiger partial charge in [0.2, 0.25) is 0 Å². The average Bonchev–Trinajstić information content (AvgIpc) is 2.59. The molecule has 5 heteroatoms. The highest BCUT2D eigenvalue weighted by atomic mass is 16.1. The van der Waals surface area contributed by atoms with Crippen LogP contribution >= 0.6 is 0 Å². The van der Waals surface area contributed by atoms with Crippen LogP contribution < -0.4 is 10.6 Å². The number of nitrogens with zero attached hydrogens (tertiary/aromatic N) is 1. The summed E-state index contributed by atoms with van der Waals surface area (Å²) >= 11 is 0. The van der Waals surface area contributed by atoms with Gasteiger partial charge in [-0.15, -0.1) is 0 Å². The van der Waals surface area contributed by atoms with Crippen molar-refractivity contribution in [3.05, 3.63) is 17.5 Å². The first-order valence-corrected chi connectivity index (χ1v) is 4.69. The Morgan fingerprint density at radius 1 is 1.57 bits per heavy atom. The molecule has 0 atom stereocenters. The van der Waals surface area contributed by atoms with Gasteiger partial charge < -0.3 is 10.6 Å². The van der Waals surface area contributed by atoms with Crippen LogP contribution in [-0.4, -0.2) is 36.2 Å². The van der Waals surface area contributed by atoms with Crippen LogP contribution in [0.4, 0.5) is 0 Å². The number of carbonyl (C=O) groups excluding carboxylic acids is 1. The molecule has 0 fully saturated rings. The molecule has 1 heterocycles. The molecular weight excluding hydrogens is 180 g/mol. The summed E-state index contributed by atoms with van der Waals surface area (Å²) in [7, 11) is 1.89. The maximum absolute atomic E-state index is 11.4. The third-order valence-corrected chi connectivity index (χ3v) is 1.83. The van der Waals surface area contributed by atoms with E-state index in [2.05, 4.69) is 20.8 Å². The largest absolute Gasteiger partial charge is 0.351 e.